The highest BCUT2D eigenvalue weighted by Gasteiger charge is 2.25. The van der Waals surface area contributed by atoms with Crippen LogP contribution in [0.1, 0.15) is 26.7 Å². The number of nitrogens with zero attached hydrogens (tertiary/aromatic N) is 1. The molecule has 72 valence electrons. The molecule has 12 heavy (non-hydrogen) atoms. The second kappa shape index (κ2) is 3.75. The first kappa shape index (κ1) is 10.0. The van der Waals surface area contributed by atoms with E-state index < -0.39 is 0 Å². The van der Waals surface area contributed by atoms with Crippen LogP contribution in [0.5, 0.6) is 0 Å². The van der Waals surface area contributed by atoms with Gasteiger partial charge >= 0.3 is 0 Å². The monoisotopic (exact) mass is 170 g/mol. The van der Waals surface area contributed by atoms with Gasteiger partial charge in [-0.1, -0.05) is 13.8 Å². The van der Waals surface area contributed by atoms with E-state index in [1.807, 2.05) is 0 Å². The largest absolute Gasteiger partial charge is 0.330 e. The molecule has 0 unspecified atom stereocenters. The van der Waals surface area contributed by atoms with Gasteiger partial charge in [-0.2, -0.15) is 0 Å². The van der Waals surface area contributed by atoms with Gasteiger partial charge in [-0.3, -0.25) is 0 Å². The quantitative estimate of drug-likeness (QED) is 0.674. The summed E-state index contributed by atoms with van der Waals surface area (Å²) < 4.78 is 0. The molecule has 0 heterocycles. The SMILES string of the molecule is CN(CC1CC1)CC(C)(C)CN. The number of hydrogen-bond acceptors (Lipinski definition) is 2. The third-order valence-corrected chi connectivity index (χ3v) is 2.52. The van der Waals surface area contributed by atoms with E-state index in [0.717, 1.165) is 19.0 Å². The predicted molar refractivity (Wildman–Crippen MR) is 53.1 cm³/mol. The molecule has 0 aromatic heterocycles. The average molecular weight is 170 g/mol. The van der Waals surface area contributed by atoms with E-state index in [1.165, 1.54) is 19.4 Å². The summed E-state index contributed by atoms with van der Waals surface area (Å²) in [5.74, 6) is 0.989. The summed E-state index contributed by atoms with van der Waals surface area (Å²) in [6.07, 6.45) is 2.88. The van der Waals surface area contributed by atoms with Gasteiger partial charge in [0.05, 0.1) is 0 Å². The highest BCUT2D eigenvalue weighted by Crippen LogP contribution is 2.30. The highest BCUT2D eigenvalue weighted by molar-refractivity contribution is 4.79. The zero-order chi connectivity index (χ0) is 9.19. The lowest BCUT2D eigenvalue weighted by Crippen LogP contribution is -2.37. The number of nitrogens with two attached hydrogens (primary N) is 1. The molecule has 0 radical (unpaired) electrons. The van der Waals surface area contributed by atoms with Crippen molar-refractivity contribution in [3.05, 3.63) is 0 Å². The molecular formula is C10H22N2. The van der Waals surface area contributed by atoms with E-state index in [4.69, 9.17) is 5.73 Å². The highest BCUT2D eigenvalue weighted by atomic mass is 15.1. The van der Waals surface area contributed by atoms with Crippen LogP contribution in [0.15, 0.2) is 0 Å². The number of hydrogen-bond donors (Lipinski definition) is 1. The van der Waals surface area contributed by atoms with Crippen molar-refractivity contribution < 1.29 is 0 Å². The maximum absolute atomic E-state index is 5.67. The summed E-state index contributed by atoms with van der Waals surface area (Å²) in [4.78, 5) is 2.42. The van der Waals surface area contributed by atoms with Crippen molar-refractivity contribution >= 4 is 0 Å². The Labute approximate surface area is 76.1 Å². The van der Waals surface area contributed by atoms with E-state index in [9.17, 15) is 0 Å². The van der Waals surface area contributed by atoms with E-state index in [0.29, 0.717) is 0 Å². The van der Waals surface area contributed by atoms with Crippen molar-refractivity contribution in [2.24, 2.45) is 17.1 Å². The fraction of sp³-hybridized carbons (Fsp3) is 1.00. The minimum Gasteiger partial charge on any atom is -0.330 e. The smallest absolute Gasteiger partial charge is 0.00418 e. The minimum atomic E-state index is 0.281. The standard InChI is InChI=1S/C10H22N2/c1-10(2,7-11)8-12(3)6-9-4-5-9/h9H,4-8,11H2,1-3H3. The fourth-order valence-corrected chi connectivity index (χ4v) is 1.60. The molecule has 1 saturated carbocycles. The van der Waals surface area contributed by atoms with Gasteiger partial charge in [-0.05, 0) is 37.8 Å². The average Bonchev–Trinajstić information content (AvgIpc) is 2.70. The molecule has 0 amide bonds. The summed E-state index contributed by atoms with van der Waals surface area (Å²) in [6, 6.07) is 0. The first-order valence-corrected chi connectivity index (χ1v) is 4.92. The third-order valence-electron chi connectivity index (χ3n) is 2.52. The maximum atomic E-state index is 5.67. The molecule has 0 aliphatic heterocycles. The molecule has 1 rings (SSSR count). The van der Waals surface area contributed by atoms with Crippen molar-refractivity contribution in [3.63, 3.8) is 0 Å². The first-order valence-electron chi connectivity index (χ1n) is 4.92. The lowest BCUT2D eigenvalue weighted by molar-refractivity contribution is 0.210. The summed E-state index contributed by atoms with van der Waals surface area (Å²) >= 11 is 0. The molecule has 0 spiro atoms. The Bertz CT molecular complexity index is 139. The van der Waals surface area contributed by atoms with Gasteiger partial charge in [-0.15, -0.1) is 0 Å². The van der Waals surface area contributed by atoms with Gasteiger partial charge in [0, 0.05) is 13.1 Å². The molecule has 0 aromatic rings. The lowest BCUT2D eigenvalue weighted by atomic mass is 9.93. The third kappa shape index (κ3) is 3.55. The minimum absolute atomic E-state index is 0.281. The Morgan fingerprint density at radius 2 is 2.00 bits per heavy atom. The van der Waals surface area contributed by atoms with Gasteiger partial charge in [0.1, 0.15) is 0 Å². The van der Waals surface area contributed by atoms with Crippen LogP contribution in [-0.4, -0.2) is 31.6 Å². The summed E-state index contributed by atoms with van der Waals surface area (Å²) in [7, 11) is 2.20. The number of rotatable bonds is 5. The Hall–Kier alpha value is -0.0800. The Kier molecular flexibility index (Phi) is 3.13. The molecule has 2 nitrogen and oxygen atoms in total. The Morgan fingerprint density at radius 3 is 2.42 bits per heavy atom. The molecule has 0 atom stereocenters. The summed E-state index contributed by atoms with van der Waals surface area (Å²) in [6.45, 7) is 7.64. The molecule has 0 bridgehead atoms. The van der Waals surface area contributed by atoms with Crippen LogP contribution < -0.4 is 5.73 Å². The van der Waals surface area contributed by atoms with Crippen LogP contribution in [-0.2, 0) is 0 Å². The second-order valence-electron chi connectivity index (χ2n) is 5.01. The van der Waals surface area contributed by atoms with Gasteiger partial charge in [0.25, 0.3) is 0 Å². The fourth-order valence-electron chi connectivity index (χ4n) is 1.60. The molecule has 0 aromatic carbocycles. The van der Waals surface area contributed by atoms with Crippen LogP contribution in [0.25, 0.3) is 0 Å². The van der Waals surface area contributed by atoms with E-state index in [2.05, 4.69) is 25.8 Å². The Morgan fingerprint density at radius 1 is 1.42 bits per heavy atom. The normalized spacial score (nSPS) is 18.8. The zero-order valence-corrected chi connectivity index (χ0v) is 8.64. The van der Waals surface area contributed by atoms with E-state index >= 15 is 0 Å². The van der Waals surface area contributed by atoms with Gasteiger partial charge < -0.3 is 10.6 Å². The van der Waals surface area contributed by atoms with Crippen molar-refractivity contribution in [1.29, 1.82) is 0 Å². The maximum Gasteiger partial charge on any atom is 0.00418 e. The van der Waals surface area contributed by atoms with Crippen LogP contribution in [0.2, 0.25) is 0 Å². The van der Waals surface area contributed by atoms with Gasteiger partial charge in [-0.25, -0.2) is 0 Å². The van der Waals surface area contributed by atoms with Crippen LogP contribution in [0.3, 0.4) is 0 Å². The van der Waals surface area contributed by atoms with Crippen LogP contribution in [0, 0.1) is 11.3 Å². The second-order valence-corrected chi connectivity index (χ2v) is 5.01. The summed E-state index contributed by atoms with van der Waals surface area (Å²) in [5.41, 5.74) is 5.96. The van der Waals surface area contributed by atoms with Crippen LogP contribution >= 0.6 is 0 Å². The van der Waals surface area contributed by atoms with E-state index in [-0.39, 0.29) is 5.41 Å². The topological polar surface area (TPSA) is 29.3 Å². The lowest BCUT2D eigenvalue weighted by Gasteiger charge is -2.28. The van der Waals surface area contributed by atoms with E-state index in [1.54, 1.807) is 0 Å². The molecule has 1 aliphatic rings. The van der Waals surface area contributed by atoms with Crippen molar-refractivity contribution in [1.82, 2.24) is 4.90 Å². The van der Waals surface area contributed by atoms with Gasteiger partial charge in [0.2, 0.25) is 0 Å². The Balaban J connectivity index is 2.18. The molecule has 2 heteroatoms. The summed E-state index contributed by atoms with van der Waals surface area (Å²) in [5, 5.41) is 0. The van der Waals surface area contributed by atoms with Crippen molar-refractivity contribution in [2.75, 3.05) is 26.7 Å². The molecular weight excluding hydrogens is 148 g/mol. The van der Waals surface area contributed by atoms with Crippen molar-refractivity contribution in [2.45, 2.75) is 26.7 Å². The first-order chi connectivity index (χ1) is 5.53. The molecule has 1 aliphatic carbocycles. The molecule has 1 fully saturated rings. The predicted octanol–water partition coefficient (Wildman–Crippen LogP) is 1.31. The van der Waals surface area contributed by atoms with Gasteiger partial charge in [0.15, 0.2) is 0 Å². The molecule has 2 N–H and O–H groups in total. The molecule has 0 saturated heterocycles. The van der Waals surface area contributed by atoms with Crippen molar-refractivity contribution in [3.8, 4) is 0 Å². The van der Waals surface area contributed by atoms with Crippen LogP contribution in [0.4, 0.5) is 0 Å². The zero-order valence-electron chi connectivity index (χ0n) is 8.64.